The predicted octanol–water partition coefficient (Wildman–Crippen LogP) is 2.36. The predicted molar refractivity (Wildman–Crippen MR) is 71.9 cm³/mol. The number of hydrogen-bond donors (Lipinski definition) is 1. The Morgan fingerprint density at radius 2 is 2.00 bits per heavy atom. The minimum Gasteiger partial charge on any atom is -0.457 e. The fraction of sp³-hybridized carbons (Fsp3) is 0.417. The summed E-state index contributed by atoms with van der Waals surface area (Å²) in [5.74, 6) is -0.480. The maximum absolute atomic E-state index is 12.1. The molecule has 0 amide bonds. The van der Waals surface area contributed by atoms with Gasteiger partial charge in [-0.15, -0.1) is 0 Å². The highest BCUT2D eigenvalue weighted by atomic mass is 31.2. The van der Waals surface area contributed by atoms with Gasteiger partial charge in [-0.1, -0.05) is 12.1 Å². The molecule has 1 aromatic rings. The molecule has 1 rings (SSSR count). The zero-order valence-electron chi connectivity index (χ0n) is 11.2. The lowest BCUT2D eigenvalue weighted by Crippen LogP contribution is -2.14. The van der Waals surface area contributed by atoms with E-state index in [9.17, 15) is 9.36 Å². The molecular weight excluding hydrogens is 269 g/mol. The van der Waals surface area contributed by atoms with E-state index < -0.39 is 19.7 Å². The maximum Gasteiger partial charge on any atom is 0.334 e. The molecule has 0 saturated heterocycles. The molecule has 0 aliphatic rings. The third kappa shape index (κ3) is 4.67. The van der Waals surface area contributed by atoms with Gasteiger partial charge in [0.25, 0.3) is 0 Å². The summed E-state index contributed by atoms with van der Waals surface area (Å²) in [7, 11) is -0.720. The van der Waals surface area contributed by atoms with Gasteiger partial charge in [0, 0.05) is 26.8 Å². The molecule has 0 heterocycles. The molecule has 0 spiro atoms. The van der Waals surface area contributed by atoms with Crippen LogP contribution >= 0.6 is 7.60 Å². The monoisotopic (exact) mass is 287 g/mol. The number of esters is 1. The Hall–Kier alpha value is -1.36. The summed E-state index contributed by atoms with van der Waals surface area (Å²) in [5.41, 5.74) is 6.85. The van der Waals surface area contributed by atoms with Crippen LogP contribution in [0, 0.1) is 0 Å². The molecule has 0 bridgehead atoms. The molecule has 0 fully saturated rings. The first-order valence-corrected chi connectivity index (χ1v) is 7.36. The highest BCUT2D eigenvalue weighted by molar-refractivity contribution is 7.53. The summed E-state index contributed by atoms with van der Waals surface area (Å²) in [6.07, 6.45) is -0.796. The van der Waals surface area contributed by atoms with Crippen LogP contribution in [0.1, 0.15) is 18.6 Å². The summed E-state index contributed by atoms with van der Waals surface area (Å²) in [6.45, 7) is 1.28. The van der Waals surface area contributed by atoms with Gasteiger partial charge >= 0.3 is 13.6 Å². The van der Waals surface area contributed by atoms with Crippen LogP contribution in [0.15, 0.2) is 24.3 Å². The fourth-order valence-corrected chi connectivity index (χ4v) is 2.74. The molecule has 7 heteroatoms. The SMILES string of the molecule is COP(=O)(CC(OC(C)=O)c1cccc(N)c1)OC. The van der Waals surface area contributed by atoms with Crippen molar-refractivity contribution < 1.29 is 23.1 Å². The van der Waals surface area contributed by atoms with Crippen molar-refractivity contribution in [2.75, 3.05) is 26.1 Å². The molecule has 1 unspecified atom stereocenters. The van der Waals surface area contributed by atoms with Crippen LogP contribution < -0.4 is 5.73 Å². The van der Waals surface area contributed by atoms with E-state index in [0.29, 0.717) is 11.3 Å². The maximum atomic E-state index is 12.1. The van der Waals surface area contributed by atoms with Crippen LogP contribution in [-0.2, 0) is 23.1 Å². The molecular formula is C12H18NO5P. The summed E-state index contributed by atoms with van der Waals surface area (Å²) in [6, 6.07) is 6.83. The minimum absolute atomic E-state index is 0.0664. The highest BCUT2D eigenvalue weighted by Gasteiger charge is 2.29. The highest BCUT2D eigenvalue weighted by Crippen LogP contribution is 2.50. The van der Waals surface area contributed by atoms with E-state index in [1.807, 2.05) is 0 Å². The van der Waals surface area contributed by atoms with Gasteiger partial charge in [-0.2, -0.15) is 0 Å². The molecule has 19 heavy (non-hydrogen) atoms. The zero-order chi connectivity index (χ0) is 14.5. The quantitative estimate of drug-likeness (QED) is 0.491. The topological polar surface area (TPSA) is 87.9 Å². The van der Waals surface area contributed by atoms with Gasteiger partial charge in [0.05, 0.1) is 6.16 Å². The zero-order valence-corrected chi connectivity index (χ0v) is 12.1. The van der Waals surface area contributed by atoms with Crippen LogP contribution in [0.3, 0.4) is 0 Å². The van der Waals surface area contributed by atoms with Gasteiger partial charge in [-0.05, 0) is 17.7 Å². The number of anilines is 1. The number of rotatable bonds is 6. The molecule has 106 valence electrons. The van der Waals surface area contributed by atoms with Crippen molar-refractivity contribution in [1.82, 2.24) is 0 Å². The van der Waals surface area contributed by atoms with Crippen LogP contribution in [0.2, 0.25) is 0 Å². The second-order valence-corrected chi connectivity index (χ2v) is 6.24. The number of nitrogen functional groups attached to an aromatic ring is 1. The lowest BCUT2D eigenvalue weighted by molar-refractivity contribution is -0.145. The van der Waals surface area contributed by atoms with Gasteiger partial charge in [0.15, 0.2) is 0 Å². The number of benzene rings is 1. The molecule has 0 aromatic heterocycles. The van der Waals surface area contributed by atoms with Gasteiger partial charge < -0.3 is 19.5 Å². The Morgan fingerprint density at radius 1 is 1.37 bits per heavy atom. The number of ether oxygens (including phenoxy) is 1. The Kier molecular flexibility index (Phi) is 5.54. The molecule has 0 aliphatic heterocycles. The first kappa shape index (κ1) is 15.7. The molecule has 2 N–H and O–H groups in total. The van der Waals surface area contributed by atoms with E-state index >= 15 is 0 Å². The summed E-state index contributed by atoms with van der Waals surface area (Å²) in [5, 5.41) is 0. The lowest BCUT2D eigenvalue weighted by atomic mass is 10.1. The fourth-order valence-electron chi connectivity index (χ4n) is 1.60. The number of hydrogen-bond acceptors (Lipinski definition) is 6. The van der Waals surface area contributed by atoms with Crippen molar-refractivity contribution in [3.63, 3.8) is 0 Å². The third-order valence-electron chi connectivity index (χ3n) is 2.54. The average Bonchev–Trinajstić information content (AvgIpc) is 2.37. The van der Waals surface area contributed by atoms with Crippen molar-refractivity contribution in [3.05, 3.63) is 29.8 Å². The van der Waals surface area contributed by atoms with Crippen LogP contribution in [-0.4, -0.2) is 26.4 Å². The third-order valence-corrected chi connectivity index (χ3v) is 4.43. The average molecular weight is 287 g/mol. The molecule has 0 aliphatic carbocycles. The van der Waals surface area contributed by atoms with E-state index in [1.165, 1.54) is 21.1 Å². The van der Waals surface area contributed by atoms with Crippen LogP contribution in [0.5, 0.6) is 0 Å². The molecule has 0 radical (unpaired) electrons. The van der Waals surface area contributed by atoms with Gasteiger partial charge in [0.2, 0.25) is 0 Å². The Balaban J connectivity index is 3.01. The van der Waals surface area contributed by atoms with Crippen molar-refractivity contribution in [1.29, 1.82) is 0 Å². The Morgan fingerprint density at radius 3 is 2.47 bits per heavy atom. The summed E-state index contributed by atoms with van der Waals surface area (Å²) >= 11 is 0. The molecule has 6 nitrogen and oxygen atoms in total. The number of carbonyl (C=O) groups is 1. The van der Waals surface area contributed by atoms with E-state index in [1.54, 1.807) is 24.3 Å². The van der Waals surface area contributed by atoms with Gasteiger partial charge in [-0.25, -0.2) is 0 Å². The smallest absolute Gasteiger partial charge is 0.334 e. The van der Waals surface area contributed by atoms with Crippen molar-refractivity contribution in [2.45, 2.75) is 13.0 Å². The van der Waals surface area contributed by atoms with Gasteiger partial charge in [-0.3, -0.25) is 9.36 Å². The summed E-state index contributed by atoms with van der Waals surface area (Å²) in [4.78, 5) is 11.2. The van der Waals surface area contributed by atoms with Crippen molar-refractivity contribution in [3.8, 4) is 0 Å². The van der Waals surface area contributed by atoms with Crippen molar-refractivity contribution in [2.24, 2.45) is 0 Å². The lowest BCUT2D eigenvalue weighted by Gasteiger charge is -2.21. The van der Waals surface area contributed by atoms with Crippen LogP contribution in [0.4, 0.5) is 5.69 Å². The normalized spacial score (nSPS) is 13.0. The molecule has 0 saturated carbocycles. The first-order chi connectivity index (χ1) is 8.90. The Labute approximate surface area is 112 Å². The second kappa shape index (κ2) is 6.70. The minimum atomic E-state index is -3.29. The van der Waals surface area contributed by atoms with E-state index in [2.05, 4.69) is 0 Å². The largest absolute Gasteiger partial charge is 0.457 e. The van der Waals surface area contributed by atoms with E-state index in [-0.39, 0.29) is 6.16 Å². The molecule has 1 atom stereocenters. The second-order valence-electron chi connectivity index (χ2n) is 3.93. The van der Waals surface area contributed by atoms with Crippen molar-refractivity contribution >= 4 is 19.3 Å². The first-order valence-electron chi connectivity index (χ1n) is 5.63. The van der Waals surface area contributed by atoms with E-state index in [0.717, 1.165) is 0 Å². The standard InChI is InChI=1S/C12H18NO5P/c1-9(14)18-12(8-19(15,16-2)17-3)10-5-4-6-11(13)7-10/h4-7,12H,8,13H2,1-3H3. The molecule has 1 aromatic carbocycles. The van der Waals surface area contributed by atoms with E-state index in [4.69, 9.17) is 19.5 Å². The summed E-state index contributed by atoms with van der Waals surface area (Å²) < 4.78 is 27.0. The van der Waals surface area contributed by atoms with Crippen LogP contribution in [0.25, 0.3) is 0 Å². The Bertz CT molecular complexity index is 483. The number of carbonyl (C=O) groups excluding carboxylic acids is 1. The number of nitrogens with two attached hydrogens (primary N) is 1. The van der Waals surface area contributed by atoms with Gasteiger partial charge in [0.1, 0.15) is 6.10 Å².